The van der Waals surface area contributed by atoms with Gasteiger partial charge in [0.05, 0.1) is 11.1 Å². The Labute approximate surface area is 309 Å². The van der Waals surface area contributed by atoms with Crippen molar-refractivity contribution in [3.05, 3.63) is 176 Å². The third kappa shape index (κ3) is 4.83. The molecule has 3 heterocycles. The Morgan fingerprint density at radius 3 is 1.43 bits per heavy atom. The van der Waals surface area contributed by atoms with Crippen LogP contribution in [0.15, 0.2) is 185 Å². The molecule has 0 atom stereocenters. The van der Waals surface area contributed by atoms with E-state index in [0.717, 1.165) is 77.3 Å². The smallest absolute Gasteiger partial charge is 0.167 e. The van der Waals surface area contributed by atoms with Crippen molar-refractivity contribution in [2.24, 2.45) is 0 Å². The van der Waals surface area contributed by atoms with Gasteiger partial charge >= 0.3 is 0 Å². The number of fused-ring (bicyclic) bond motifs is 7. The average molecular weight is 692 g/mol. The third-order valence-electron chi connectivity index (χ3n) is 10.4. The summed E-state index contributed by atoms with van der Waals surface area (Å²) in [6.45, 7) is 0. The minimum atomic E-state index is 0.518. The molecule has 3 aromatic heterocycles. The van der Waals surface area contributed by atoms with Crippen molar-refractivity contribution >= 4 is 54.6 Å². The Morgan fingerprint density at radius 2 is 0.778 bits per heavy atom. The van der Waals surface area contributed by atoms with Gasteiger partial charge in [-0.1, -0.05) is 140 Å². The summed E-state index contributed by atoms with van der Waals surface area (Å²) in [5.74, 6) is 1.59. The van der Waals surface area contributed by atoms with E-state index in [1.165, 1.54) is 16.3 Å². The van der Waals surface area contributed by atoms with E-state index >= 15 is 0 Å². The molecule has 0 amide bonds. The topological polar surface area (TPSA) is 65.0 Å². The Kier molecular flexibility index (Phi) is 6.79. The second-order valence-electron chi connectivity index (χ2n) is 13.5. The van der Waals surface area contributed by atoms with Crippen molar-refractivity contribution in [1.29, 1.82) is 0 Å². The molecule has 0 bridgehead atoms. The highest BCUT2D eigenvalue weighted by Gasteiger charge is 2.22. The average Bonchev–Trinajstić information content (AvgIpc) is 3.82. The standard InChI is InChI=1S/C49H29N3O2/c1-2-13-31(14-3-1)42-29-32(34-20-10-16-30-15-4-5-17-33(30)34)27-28-39(42)47-50-48(40-23-11-21-37-35-18-6-8-25-43(35)53-45(37)40)52-49(51-47)41-24-12-22-38-36-19-7-9-26-44(36)54-46(38)41/h1-29H. The number of hydrogen-bond donors (Lipinski definition) is 0. The van der Waals surface area contributed by atoms with Crippen LogP contribution in [0.3, 0.4) is 0 Å². The molecule has 5 heteroatoms. The fraction of sp³-hybridized carbons (Fsp3) is 0. The molecule has 0 unspecified atom stereocenters. The highest BCUT2D eigenvalue weighted by Crippen LogP contribution is 2.41. The Balaban J connectivity index is 1.19. The number of aromatic nitrogens is 3. The molecule has 0 fully saturated rings. The molecular weight excluding hydrogens is 663 g/mol. The summed E-state index contributed by atoms with van der Waals surface area (Å²) in [6.07, 6.45) is 0. The van der Waals surface area contributed by atoms with Crippen molar-refractivity contribution in [1.82, 2.24) is 15.0 Å². The second kappa shape index (κ2) is 12.1. The molecule has 0 saturated heterocycles. The molecule has 0 saturated carbocycles. The lowest BCUT2D eigenvalue weighted by atomic mass is 9.92. The van der Waals surface area contributed by atoms with E-state index in [0.29, 0.717) is 17.5 Å². The minimum absolute atomic E-state index is 0.518. The molecule has 0 aliphatic rings. The van der Waals surface area contributed by atoms with Crippen molar-refractivity contribution in [2.75, 3.05) is 0 Å². The molecule has 8 aromatic carbocycles. The van der Waals surface area contributed by atoms with Crippen LogP contribution < -0.4 is 0 Å². The van der Waals surface area contributed by atoms with Gasteiger partial charge in [0.1, 0.15) is 22.3 Å². The van der Waals surface area contributed by atoms with Crippen LogP contribution in [0.5, 0.6) is 0 Å². The van der Waals surface area contributed by atoms with E-state index < -0.39 is 0 Å². The van der Waals surface area contributed by atoms with Gasteiger partial charge in [-0.2, -0.15) is 0 Å². The lowest BCUT2D eigenvalue weighted by Crippen LogP contribution is -2.01. The van der Waals surface area contributed by atoms with Crippen molar-refractivity contribution < 1.29 is 8.83 Å². The van der Waals surface area contributed by atoms with Crippen LogP contribution in [-0.4, -0.2) is 15.0 Å². The maximum atomic E-state index is 6.51. The van der Waals surface area contributed by atoms with Gasteiger partial charge in [0.15, 0.2) is 17.5 Å². The Morgan fingerprint density at radius 1 is 0.296 bits per heavy atom. The van der Waals surface area contributed by atoms with Gasteiger partial charge < -0.3 is 8.83 Å². The largest absolute Gasteiger partial charge is 0.455 e. The fourth-order valence-electron chi connectivity index (χ4n) is 7.82. The number of furan rings is 2. The Bertz CT molecular complexity index is 3090. The second-order valence-corrected chi connectivity index (χ2v) is 13.5. The van der Waals surface area contributed by atoms with Crippen LogP contribution in [0.1, 0.15) is 0 Å². The molecule has 252 valence electrons. The minimum Gasteiger partial charge on any atom is -0.455 e. The molecule has 5 nitrogen and oxygen atoms in total. The van der Waals surface area contributed by atoms with Gasteiger partial charge in [-0.15, -0.1) is 0 Å². The number of para-hydroxylation sites is 4. The van der Waals surface area contributed by atoms with Gasteiger partial charge in [-0.3, -0.25) is 0 Å². The number of rotatable bonds is 5. The zero-order valence-corrected chi connectivity index (χ0v) is 28.9. The maximum absolute atomic E-state index is 6.51. The van der Waals surface area contributed by atoms with Crippen molar-refractivity contribution in [3.63, 3.8) is 0 Å². The fourth-order valence-corrected chi connectivity index (χ4v) is 7.82. The molecule has 0 aliphatic carbocycles. The van der Waals surface area contributed by atoms with Gasteiger partial charge in [-0.05, 0) is 69.4 Å². The van der Waals surface area contributed by atoms with Gasteiger partial charge in [0, 0.05) is 27.1 Å². The van der Waals surface area contributed by atoms with Crippen LogP contribution in [0.25, 0.3) is 111 Å². The van der Waals surface area contributed by atoms with Crippen LogP contribution in [-0.2, 0) is 0 Å². The summed E-state index contributed by atoms with van der Waals surface area (Å²) in [5, 5.41) is 6.52. The molecular formula is C49H29N3O2. The summed E-state index contributed by atoms with van der Waals surface area (Å²) >= 11 is 0. The monoisotopic (exact) mass is 691 g/mol. The summed E-state index contributed by atoms with van der Waals surface area (Å²) in [7, 11) is 0. The van der Waals surface area contributed by atoms with Crippen LogP contribution in [0.4, 0.5) is 0 Å². The maximum Gasteiger partial charge on any atom is 0.167 e. The van der Waals surface area contributed by atoms with E-state index in [1.54, 1.807) is 0 Å². The number of benzene rings is 8. The van der Waals surface area contributed by atoms with E-state index in [-0.39, 0.29) is 0 Å². The van der Waals surface area contributed by atoms with Crippen molar-refractivity contribution in [3.8, 4) is 56.4 Å². The van der Waals surface area contributed by atoms with Gasteiger partial charge in [0.2, 0.25) is 0 Å². The normalized spacial score (nSPS) is 11.7. The van der Waals surface area contributed by atoms with Crippen LogP contribution in [0, 0.1) is 0 Å². The molecule has 11 aromatic rings. The number of hydrogen-bond acceptors (Lipinski definition) is 5. The molecule has 0 radical (unpaired) electrons. The predicted molar refractivity (Wildman–Crippen MR) is 219 cm³/mol. The molecule has 11 rings (SSSR count). The zero-order chi connectivity index (χ0) is 35.6. The molecule has 0 N–H and O–H groups in total. The first-order valence-electron chi connectivity index (χ1n) is 18.0. The van der Waals surface area contributed by atoms with E-state index in [9.17, 15) is 0 Å². The van der Waals surface area contributed by atoms with Crippen LogP contribution in [0.2, 0.25) is 0 Å². The van der Waals surface area contributed by atoms with Crippen LogP contribution >= 0.6 is 0 Å². The first-order valence-corrected chi connectivity index (χ1v) is 18.0. The van der Waals surface area contributed by atoms with E-state index in [2.05, 4.69) is 109 Å². The number of nitrogens with zero attached hydrogens (tertiary/aromatic N) is 3. The lowest BCUT2D eigenvalue weighted by Gasteiger charge is -2.15. The third-order valence-corrected chi connectivity index (χ3v) is 10.4. The Hall–Kier alpha value is -7.37. The summed E-state index contributed by atoms with van der Waals surface area (Å²) in [5.41, 5.74) is 9.95. The quantitative estimate of drug-likeness (QED) is 0.180. The van der Waals surface area contributed by atoms with Gasteiger partial charge in [0.25, 0.3) is 0 Å². The first-order chi connectivity index (χ1) is 26.8. The zero-order valence-electron chi connectivity index (χ0n) is 28.9. The lowest BCUT2D eigenvalue weighted by molar-refractivity contribution is 0.669. The molecule has 0 spiro atoms. The highest BCUT2D eigenvalue weighted by molar-refractivity contribution is 6.10. The molecule has 54 heavy (non-hydrogen) atoms. The summed E-state index contributed by atoms with van der Waals surface area (Å²) in [6, 6.07) is 60.5. The van der Waals surface area contributed by atoms with E-state index in [1.807, 2.05) is 66.7 Å². The highest BCUT2D eigenvalue weighted by atomic mass is 16.3. The summed E-state index contributed by atoms with van der Waals surface area (Å²) < 4.78 is 13.0. The summed E-state index contributed by atoms with van der Waals surface area (Å²) in [4.78, 5) is 15.7. The van der Waals surface area contributed by atoms with E-state index in [4.69, 9.17) is 23.8 Å². The molecule has 0 aliphatic heterocycles. The van der Waals surface area contributed by atoms with Crippen molar-refractivity contribution in [2.45, 2.75) is 0 Å². The first kappa shape index (κ1) is 30.3. The SMILES string of the molecule is c1ccc(-c2cc(-c3cccc4ccccc34)ccc2-c2nc(-c3cccc4c3oc3ccccc34)nc(-c3cccc4c3oc3ccccc34)n2)cc1. The van der Waals surface area contributed by atoms with Gasteiger partial charge in [-0.25, -0.2) is 15.0 Å². The predicted octanol–water partition coefficient (Wildman–Crippen LogP) is 13.2.